The monoisotopic (exact) mass is 999 g/mol. The van der Waals surface area contributed by atoms with Crippen molar-refractivity contribution in [3.8, 4) is 0 Å². The molecule has 0 spiro atoms. The van der Waals surface area contributed by atoms with E-state index in [1.54, 1.807) is 0 Å². The average Bonchev–Trinajstić information content (AvgIpc) is 3.37. The van der Waals surface area contributed by atoms with Gasteiger partial charge in [-0.25, -0.2) is 0 Å². The SMILES string of the molecule is CCCCC/C=C\C/C=C\CCCCCCCCCC(=O)OC[C@H](COC(=O)CCCCCCCCCCCCCCCCCCC)OC(=O)CCCCCCCCCCCCCCCCCCCCC. The zero-order valence-corrected chi connectivity index (χ0v) is 48.0. The van der Waals surface area contributed by atoms with Crippen molar-refractivity contribution in [1.82, 2.24) is 0 Å². The average molecular weight is 1000 g/mol. The van der Waals surface area contributed by atoms with Gasteiger partial charge in [0.05, 0.1) is 0 Å². The molecule has 0 bridgehead atoms. The number of hydrogen-bond acceptors (Lipinski definition) is 6. The first-order valence-corrected chi connectivity index (χ1v) is 31.8. The Morgan fingerprint density at radius 3 is 0.803 bits per heavy atom. The third kappa shape index (κ3) is 58.7. The standard InChI is InChI=1S/C65H122O6/c1-4-7-10-13-16-19-22-25-28-31-32-35-38-41-44-47-50-53-56-59-65(68)71-62(60-69-63(66)57-54-51-48-45-42-39-36-33-29-26-23-20-17-14-11-8-5-2)61-70-64(67)58-55-52-49-46-43-40-37-34-30-27-24-21-18-15-12-9-6-3/h17,20,26,29,62H,4-16,18-19,21-25,27-28,30-61H2,1-3H3/b20-17-,29-26-/t62-/m1/s1. The summed E-state index contributed by atoms with van der Waals surface area (Å²) in [6, 6.07) is 0. The number of rotatable bonds is 59. The molecule has 0 saturated heterocycles. The van der Waals surface area contributed by atoms with Gasteiger partial charge in [-0.2, -0.15) is 0 Å². The molecular formula is C65H122O6. The molecule has 0 radical (unpaired) electrons. The molecule has 0 amide bonds. The summed E-state index contributed by atoms with van der Waals surface area (Å²) >= 11 is 0. The normalized spacial score (nSPS) is 12.1. The molecule has 71 heavy (non-hydrogen) atoms. The summed E-state index contributed by atoms with van der Waals surface area (Å²) in [5.74, 6) is -0.847. The van der Waals surface area contributed by atoms with E-state index in [2.05, 4.69) is 45.1 Å². The molecule has 0 aliphatic heterocycles. The number of esters is 3. The number of ether oxygens (including phenoxy) is 3. The van der Waals surface area contributed by atoms with Gasteiger partial charge in [0, 0.05) is 19.3 Å². The van der Waals surface area contributed by atoms with E-state index >= 15 is 0 Å². The molecule has 0 aromatic carbocycles. The molecule has 0 aliphatic rings. The van der Waals surface area contributed by atoms with E-state index in [4.69, 9.17) is 14.2 Å². The summed E-state index contributed by atoms with van der Waals surface area (Å²) in [7, 11) is 0. The molecule has 1 atom stereocenters. The van der Waals surface area contributed by atoms with E-state index < -0.39 is 6.10 Å². The second-order valence-electron chi connectivity index (χ2n) is 21.7. The summed E-state index contributed by atoms with van der Waals surface area (Å²) in [4.78, 5) is 38.3. The van der Waals surface area contributed by atoms with Crippen LogP contribution >= 0.6 is 0 Å². The van der Waals surface area contributed by atoms with Crippen LogP contribution in [0.25, 0.3) is 0 Å². The van der Waals surface area contributed by atoms with Gasteiger partial charge in [0.25, 0.3) is 0 Å². The van der Waals surface area contributed by atoms with E-state index in [9.17, 15) is 14.4 Å². The van der Waals surface area contributed by atoms with Crippen LogP contribution in [0.15, 0.2) is 24.3 Å². The minimum Gasteiger partial charge on any atom is -0.462 e. The van der Waals surface area contributed by atoms with Crippen molar-refractivity contribution in [3.63, 3.8) is 0 Å². The summed E-state index contributed by atoms with van der Waals surface area (Å²) in [6.45, 7) is 6.68. The molecule has 6 heteroatoms. The van der Waals surface area contributed by atoms with Crippen molar-refractivity contribution in [3.05, 3.63) is 24.3 Å². The molecule has 0 fully saturated rings. The second kappa shape index (κ2) is 60.4. The maximum atomic E-state index is 12.9. The van der Waals surface area contributed by atoms with E-state index in [0.717, 1.165) is 70.6 Å². The van der Waals surface area contributed by atoms with Gasteiger partial charge in [-0.05, 0) is 51.4 Å². The molecule has 0 aliphatic carbocycles. The molecule has 0 N–H and O–H groups in total. The van der Waals surface area contributed by atoms with Gasteiger partial charge in [-0.1, -0.05) is 308 Å². The molecule has 418 valence electrons. The third-order valence-corrected chi connectivity index (χ3v) is 14.5. The van der Waals surface area contributed by atoms with E-state index in [1.807, 2.05) is 0 Å². The smallest absolute Gasteiger partial charge is 0.306 e. The minimum absolute atomic E-state index is 0.0675. The molecular weight excluding hydrogens is 877 g/mol. The van der Waals surface area contributed by atoms with Crippen LogP contribution < -0.4 is 0 Å². The van der Waals surface area contributed by atoms with E-state index in [-0.39, 0.29) is 31.1 Å². The van der Waals surface area contributed by atoms with Crippen LogP contribution in [-0.4, -0.2) is 37.2 Å². The van der Waals surface area contributed by atoms with Crippen LogP contribution in [0.1, 0.15) is 355 Å². The van der Waals surface area contributed by atoms with Crippen LogP contribution in [0.2, 0.25) is 0 Å². The Morgan fingerprint density at radius 2 is 0.507 bits per heavy atom. The highest BCUT2D eigenvalue weighted by atomic mass is 16.6. The summed E-state index contributed by atoms with van der Waals surface area (Å²) in [6.07, 6.45) is 71.7. The Balaban J connectivity index is 4.32. The van der Waals surface area contributed by atoms with Crippen LogP contribution in [-0.2, 0) is 28.6 Å². The highest BCUT2D eigenvalue weighted by molar-refractivity contribution is 5.71. The lowest BCUT2D eigenvalue weighted by Crippen LogP contribution is -2.30. The van der Waals surface area contributed by atoms with Crippen molar-refractivity contribution in [1.29, 1.82) is 0 Å². The van der Waals surface area contributed by atoms with Crippen molar-refractivity contribution in [2.24, 2.45) is 0 Å². The fraction of sp³-hybridized carbons (Fsp3) is 0.892. The zero-order valence-electron chi connectivity index (χ0n) is 48.0. The first kappa shape index (κ1) is 68.9. The lowest BCUT2D eigenvalue weighted by atomic mass is 10.0. The number of unbranched alkanes of at least 4 members (excludes halogenated alkanes) is 44. The molecule has 0 unspecified atom stereocenters. The van der Waals surface area contributed by atoms with E-state index in [1.165, 1.54) is 244 Å². The summed E-state index contributed by atoms with van der Waals surface area (Å²) in [5, 5.41) is 0. The Labute approximate surface area is 443 Å². The highest BCUT2D eigenvalue weighted by Crippen LogP contribution is 2.18. The Kier molecular flexibility index (Phi) is 58.6. The number of carbonyl (C=O) groups is 3. The Morgan fingerprint density at radius 1 is 0.282 bits per heavy atom. The zero-order chi connectivity index (χ0) is 51.4. The largest absolute Gasteiger partial charge is 0.462 e. The van der Waals surface area contributed by atoms with Gasteiger partial charge in [-0.3, -0.25) is 14.4 Å². The molecule has 0 saturated carbocycles. The maximum Gasteiger partial charge on any atom is 0.306 e. The van der Waals surface area contributed by atoms with Gasteiger partial charge in [0.1, 0.15) is 13.2 Å². The van der Waals surface area contributed by atoms with Gasteiger partial charge < -0.3 is 14.2 Å². The van der Waals surface area contributed by atoms with Crippen molar-refractivity contribution in [2.75, 3.05) is 13.2 Å². The van der Waals surface area contributed by atoms with Crippen LogP contribution in [0.3, 0.4) is 0 Å². The quantitative estimate of drug-likeness (QED) is 0.0261. The summed E-state index contributed by atoms with van der Waals surface area (Å²) in [5.41, 5.74) is 0. The van der Waals surface area contributed by atoms with Gasteiger partial charge in [0.2, 0.25) is 0 Å². The van der Waals surface area contributed by atoms with Crippen LogP contribution in [0, 0.1) is 0 Å². The fourth-order valence-corrected chi connectivity index (χ4v) is 9.65. The Bertz CT molecular complexity index is 1150. The second-order valence-corrected chi connectivity index (χ2v) is 21.7. The predicted molar refractivity (Wildman–Crippen MR) is 307 cm³/mol. The predicted octanol–water partition coefficient (Wildman–Crippen LogP) is 21.4. The fourth-order valence-electron chi connectivity index (χ4n) is 9.65. The summed E-state index contributed by atoms with van der Waals surface area (Å²) < 4.78 is 16.9. The lowest BCUT2D eigenvalue weighted by Gasteiger charge is -2.18. The molecule has 0 aromatic heterocycles. The first-order chi connectivity index (χ1) is 35.0. The maximum absolute atomic E-state index is 12.9. The van der Waals surface area contributed by atoms with E-state index in [0.29, 0.717) is 19.3 Å². The van der Waals surface area contributed by atoms with Crippen LogP contribution in [0.4, 0.5) is 0 Å². The third-order valence-electron chi connectivity index (χ3n) is 14.5. The molecule has 6 nitrogen and oxygen atoms in total. The van der Waals surface area contributed by atoms with Gasteiger partial charge in [0.15, 0.2) is 6.10 Å². The minimum atomic E-state index is -0.770. The molecule has 0 rings (SSSR count). The Hall–Kier alpha value is -2.11. The number of allylic oxidation sites excluding steroid dienone is 4. The topological polar surface area (TPSA) is 78.9 Å². The first-order valence-electron chi connectivity index (χ1n) is 31.8. The number of carbonyl (C=O) groups excluding carboxylic acids is 3. The van der Waals surface area contributed by atoms with Crippen molar-refractivity contribution in [2.45, 2.75) is 361 Å². The van der Waals surface area contributed by atoms with Gasteiger partial charge >= 0.3 is 17.9 Å². The molecule has 0 heterocycles. The highest BCUT2D eigenvalue weighted by Gasteiger charge is 2.19. The lowest BCUT2D eigenvalue weighted by molar-refractivity contribution is -0.167. The van der Waals surface area contributed by atoms with Crippen molar-refractivity contribution < 1.29 is 28.6 Å². The van der Waals surface area contributed by atoms with Crippen molar-refractivity contribution >= 4 is 17.9 Å². The van der Waals surface area contributed by atoms with Gasteiger partial charge in [-0.15, -0.1) is 0 Å². The number of hydrogen-bond donors (Lipinski definition) is 0. The molecule has 0 aromatic rings. The van der Waals surface area contributed by atoms with Crippen LogP contribution in [0.5, 0.6) is 0 Å².